The second kappa shape index (κ2) is 28.4. The van der Waals surface area contributed by atoms with Gasteiger partial charge in [-0.2, -0.15) is 0 Å². The van der Waals surface area contributed by atoms with E-state index >= 15 is 0 Å². The van der Waals surface area contributed by atoms with E-state index in [-0.39, 0.29) is 0 Å². The molecule has 2 aliphatic rings. The Hall–Kier alpha value is 2.47. The standard InChI is InChI=1S/C44H110O12SSi12/c1-23-58(24-2)45-60(27-5,28-6)49-64(35-13,36-14)53-68(43-21,54-65(37-15,38-16)50-61(29-7,30-8)46-58)57-69(44-22)55-66(39-17,40-18)51-62(31-9,32-10)47-59(25-3,26-4)48-63(33-11,34-12)52-67(41-19,42-20)56-69/h23-44H2,1-22H3. The summed E-state index contributed by atoms with van der Waals surface area (Å²) in [7, 11) is -34.9. The average molecular weight is 1200 g/mol. The molecule has 2 heterocycles. The van der Waals surface area contributed by atoms with Crippen molar-refractivity contribution in [3.05, 3.63) is 0 Å². The SMILES string of the molecule is CC[Si]1(CC)O[Si](CC)(CC)O[Si](CC)(CC)O[Si](CC)(S[Si]2(CC)O[Si](CC)(CC)O[Si](CC)(CC)O[Si](CC)(CC)O[Si](CC)(CC)O[Si](CC)(CC)O2)O[Si](CC)(CC)O[Si](CC)(CC)O1. The average Bonchev–Trinajstić information content (AvgIpc) is 3.40. The first-order chi connectivity index (χ1) is 32.5. The maximum absolute atomic E-state index is 8.32. The van der Waals surface area contributed by atoms with E-state index in [0.717, 1.165) is 121 Å². The number of hydrogen-bond donors (Lipinski definition) is 0. The first kappa shape index (κ1) is 67.6. The quantitative estimate of drug-likeness (QED) is 0.0856. The first-order valence-corrected chi connectivity index (χ1v) is 57.3. The first-order valence-electron chi connectivity index (χ1n) is 28.6. The van der Waals surface area contributed by atoms with Crippen molar-refractivity contribution in [3.8, 4) is 0 Å². The Morgan fingerprint density at radius 1 is 0.159 bits per heavy atom. The highest BCUT2D eigenvalue weighted by atomic mass is 32.5. The molecule has 0 aromatic carbocycles. The molecule has 12 nitrogen and oxygen atoms in total. The Labute approximate surface area is 443 Å². The third-order valence-corrected chi connectivity index (χ3v) is 87.1. The van der Waals surface area contributed by atoms with E-state index in [9.17, 15) is 0 Å². The van der Waals surface area contributed by atoms with Gasteiger partial charge in [-0.1, -0.05) is 163 Å². The summed E-state index contributed by atoms with van der Waals surface area (Å²) in [5, 5.41) is 0. The fourth-order valence-corrected chi connectivity index (χ4v) is 99.9. The largest absolute Gasteiger partial charge is 0.415 e. The second-order valence-corrected chi connectivity index (χ2v) is 72.3. The van der Waals surface area contributed by atoms with Crippen LogP contribution in [0.2, 0.25) is 133 Å². The van der Waals surface area contributed by atoms with Gasteiger partial charge < -0.3 is 49.4 Å². The van der Waals surface area contributed by atoms with Crippen LogP contribution in [-0.2, 0) is 49.4 Å². The van der Waals surface area contributed by atoms with Crippen LogP contribution in [0.4, 0.5) is 0 Å². The van der Waals surface area contributed by atoms with Crippen LogP contribution in [0.5, 0.6) is 0 Å². The van der Waals surface area contributed by atoms with Gasteiger partial charge in [-0.15, -0.1) is 0 Å². The number of hydrogen-bond acceptors (Lipinski definition) is 13. The zero-order chi connectivity index (χ0) is 52.7. The predicted molar refractivity (Wildman–Crippen MR) is 320 cm³/mol. The van der Waals surface area contributed by atoms with Crippen molar-refractivity contribution in [2.45, 2.75) is 285 Å². The van der Waals surface area contributed by atoms with Gasteiger partial charge in [0.25, 0.3) is 0 Å². The van der Waals surface area contributed by atoms with E-state index in [2.05, 4.69) is 152 Å². The van der Waals surface area contributed by atoms with Crippen LogP contribution < -0.4 is 0 Å². The topological polar surface area (TPSA) is 111 Å². The molecule has 0 aromatic rings. The molecule has 2 rings (SSSR count). The van der Waals surface area contributed by atoms with Gasteiger partial charge in [-0.05, 0) is 133 Å². The van der Waals surface area contributed by atoms with E-state index in [1.165, 1.54) is 0 Å². The Bertz CT molecular complexity index is 1280. The van der Waals surface area contributed by atoms with Crippen molar-refractivity contribution in [2.24, 2.45) is 0 Å². The third kappa shape index (κ3) is 15.4. The van der Waals surface area contributed by atoms with Gasteiger partial charge in [0.15, 0.2) is 0 Å². The molecule has 0 atom stereocenters. The van der Waals surface area contributed by atoms with Crippen molar-refractivity contribution in [1.29, 1.82) is 0 Å². The lowest BCUT2D eigenvalue weighted by Gasteiger charge is -2.55. The third-order valence-electron chi connectivity index (χ3n) is 16.3. The molecule has 25 heteroatoms. The van der Waals surface area contributed by atoms with Crippen LogP contribution in [0.15, 0.2) is 0 Å². The van der Waals surface area contributed by atoms with Crippen LogP contribution in [0.3, 0.4) is 0 Å². The zero-order valence-corrected chi connectivity index (χ0v) is 61.7. The Morgan fingerprint density at radius 2 is 0.261 bits per heavy atom. The summed E-state index contributed by atoms with van der Waals surface area (Å²) in [6.07, 6.45) is 0. The molecular formula is C44H110O12SSi12. The fraction of sp³-hybridized carbons (Fsp3) is 1.00. The van der Waals surface area contributed by atoms with Crippen molar-refractivity contribution in [3.63, 3.8) is 0 Å². The molecule has 0 bridgehead atoms. The van der Waals surface area contributed by atoms with Crippen molar-refractivity contribution >= 4 is 112 Å². The summed E-state index contributed by atoms with van der Waals surface area (Å²) in [5.74, 6) is 0. The molecular weight excluding hydrogens is 1090 g/mol. The Kier molecular flexibility index (Phi) is 27.8. The molecule has 2 aliphatic heterocycles. The molecule has 0 N–H and O–H groups in total. The fourth-order valence-electron chi connectivity index (χ4n) is 10.2. The maximum atomic E-state index is 8.32. The van der Waals surface area contributed by atoms with Crippen LogP contribution in [-0.4, -0.2) is 101 Å². The minimum atomic E-state index is -3.56. The Balaban J connectivity index is 3.39. The van der Waals surface area contributed by atoms with Crippen LogP contribution in [0.1, 0.15) is 152 Å². The smallest absolute Gasteiger partial charge is 0.386 e. The lowest BCUT2D eigenvalue weighted by molar-refractivity contribution is 0.220. The van der Waals surface area contributed by atoms with Gasteiger partial charge in [0.2, 0.25) is 0 Å². The minimum Gasteiger partial charge on any atom is -0.415 e. The normalized spacial score (nSPS) is 25.8. The van der Waals surface area contributed by atoms with Gasteiger partial charge >= 0.3 is 101 Å². The van der Waals surface area contributed by atoms with Crippen molar-refractivity contribution < 1.29 is 49.4 Å². The Morgan fingerprint density at radius 3 is 0.348 bits per heavy atom. The summed E-state index contributed by atoms with van der Waals surface area (Å²) < 4.78 is 96.4. The summed E-state index contributed by atoms with van der Waals surface area (Å²) in [4.78, 5) is 0. The van der Waals surface area contributed by atoms with Gasteiger partial charge in [-0.25, -0.2) is 0 Å². The van der Waals surface area contributed by atoms with Crippen LogP contribution in [0.25, 0.3) is 0 Å². The highest BCUT2D eigenvalue weighted by Crippen LogP contribution is 2.51. The summed E-state index contributed by atoms with van der Waals surface area (Å²) >= 11 is 0. The van der Waals surface area contributed by atoms with E-state index in [1.807, 2.05) is 10.7 Å². The van der Waals surface area contributed by atoms with E-state index in [1.54, 1.807) is 0 Å². The summed E-state index contributed by atoms with van der Waals surface area (Å²) in [6.45, 7) is 50.1. The van der Waals surface area contributed by atoms with Gasteiger partial charge in [-0.3, -0.25) is 0 Å². The lowest BCUT2D eigenvalue weighted by atomic mass is 10.9. The lowest BCUT2D eigenvalue weighted by Crippen LogP contribution is -2.71. The summed E-state index contributed by atoms with van der Waals surface area (Å²) in [6, 6.07) is 17.6. The van der Waals surface area contributed by atoms with Crippen LogP contribution in [0, 0.1) is 0 Å². The molecule has 0 aliphatic carbocycles. The van der Waals surface area contributed by atoms with E-state index in [4.69, 9.17) is 49.4 Å². The maximum Gasteiger partial charge on any atom is 0.386 e. The monoisotopic (exact) mass is 1200 g/mol. The highest BCUT2D eigenvalue weighted by molar-refractivity contribution is 8.48. The molecule has 2 saturated heterocycles. The zero-order valence-electron chi connectivity index (χ0n) is 48.9. The molecule has 0 amide bonds. The number of rotatable bonds is 24. The van der Waals surface area contributed by atoms with Gasteiger partial charge in [0.05, 0.1) is 0 Å². The van der Waals surface area contributed by atoms with Gasteiger partial charge in [0, 0.05) is 0 Å². The van der Waals surface area contributed by atoms with Crippen molar-refractivity contribution in [1.82, 2.24) is 0 Å². The molecule has 412 valence electrons. The highest BCUT2D eigenvalue weighted by Gasteiger charge is 2.67. The molecule has 0 saturated carbocycles. The molecule has 0 radical (unpaired) electrons. The van der Waals surface area contributed by atoms with E-state index in [0.29, 0.717) is 12.1 Å². The molecule has 0 unspecified atom stereocenters. The van der Waals surface area contributed by atoms with Gasteiger partial charge in [0.1, 0.15) is 0 Å². The predicted octanol–water partition coefficient (Wildman–Crippen LogP) is 16.7. The second-order valence-electron chi connectivity index (χ2n) is 19.6. The minimum absolute atomic E-state index is 0.680. The molecule has 2 fully saturated rings. The summed E-state index contributed by atoms with van der Waals surface area (Å²) in [5.41, 5.74) is 0. The molecule has 69 heavy (non-hydrogen) atoms. The molecule has 0 aromatic heterocycles. The molecule has 0 spiro atoms. The van der Waals surface area contributed by atoms with Crippen LogP contribution >= 0.6 is 10.7 Å². The van der Waals surface area contributed by atoms with E-state index < -0.39 is 101 Å². The van der Waals surface area contributed by atoms with Crippen molar-refractivity contribution in [2.75, 3.05) is 0 Å².